The average molecular weight is 303 g/mol. The van der Waals surface area contributed by atoms with E-state index in [0.717, 1.165) is 22.5 Å². The molecule has 1 aromatic rings. The molecule has 16 heavy (non-hydrogen) atoms. The Kier molecular flexibility index (Phi) is 4.28. The number of piperidine rings is 1. The first-order valence-corrected chi connectivity index (χ1v) is 7.02. The zero-order valence-electron chi connectivity index (χ0n) is 9.52. The second-order valence-corrected chi connectivity index (χ2v) is 5.85. The Balaban J connectivity index is 2.13. The van der Waals surface area contributed by atoms with Crippen LogP contribution in [0.2, 0.25) is 5.02 Å². The maximum atomic E-state index is 6.19. The fraction of sp³-hybridized carbons (Fsp3) is 0.538. The van der Waals surface area contributed by atoms with Gasteiger partial charge in [0.1, 0.15) is 0 Å². The van der Waals surface area contributed by atoms with Gasteiger partial charge in [0.15, 0.2) is 0 Å². The molecule has 1 heterocycles. The van der Waals surface area contributed by atoms with E-state index in [2.05, 4.69) is 34.2 Å². The lowest BCUT2D eigenvalue weighted by molar-refractivity contribution is 0.399. The van der Waals surface area contributed by atoms with E-state index in [0.29, 0.717) is 6.04 Å². The first-order valence-electron chi connectivity index (χ1n) is 5.84. The van der Waals surface area contributed by atoms with Crippen LogP contribution in [-0.2, 0) is 6.42 Å². The van der Waals surface area contributed by atoms with Gasteiger partial charge in [-0.3, -0.25) is 0 Å². The van der Waals surface area contributed by atoms with Gasteiger partial charge in [-0.25, -0.2) is 0 Å². The van der Waals surface area contributed by atoms with Crippen LogP contribution in [-0.4, -0.2) is 12.6 Å². The molecule has 0 amide bonds. The molecule has 1 aliphatic heterocycles. The van der Waals surface area contributed by atoms with Gasteiger partial charge in [-0.05, 0) is 56.0 Å². The van der Waals surface area contributed by atoms with E-state index in [1.165, 1.54) is 30.4 Å². The molecule has 0 aromatic heterocycles. The third kappa shape index (κ3) is 2.99. The second-order valence-electron chi connectivity index (χ2n) is 4.52. The van der Waals surface area contributed by atoms with E-state index < -0.39 is 0 Å². The molecule has 1 N–H and O–H groups in total. The molecule has 1 unspecified atom stereocenters. The van der Waals surface area contributed by atoms with E-state index in [1.54, 1.807) is 0 Å². The van der Waals surface area contributed by atoms with Crippen molar-refractivity contribution >= 4 is 27.5 Å². The van der Waals surface area contributed by atoms with Crippen LogP contribution in [0.5, 0.6) is 0 Å². The minimum absolute atomic E-state index is 0.623. The van der Waals surface area contributed by atoms with Crippen molar-refractivity contribution in [3.05, 3.63) is 32.8 Å². The number of hydrogen-bond donors (Lipinski definition) is 1. The molecule has 2 rings (SSSR count). The molecule has 0 spiro atoms. The minimum Gasteiger partial charge on any atom is -0.314 e. The highest BCUT2D eigenvalue weighted by Gasteiger charge is 2.15. The normalized spacial score (nSPS) is 21.1. The molecule has 1 saturated heterocycles. The molecule has 1 aromatic carbocycles. The molecule has 0 radical (unpaired) electrons. The van der Waals surface area contributed by atoms with Gasteiger partial charge < -0.3 is 5.32 Å². The molecule has 1 atom stereocenters. The van der Waals surface area contributed by atoms with Crippen LogP contribution in [0.15, 0.2) is 16.6 Å². The monoisotopic (exact) mass is 301 g/mol. The quantitative estimate of drug-likeness (QED) is 0.867. The Morgan fingerprint density at radius 2 is 2.25 bits per heavy atom. The summed E-state index contributed by atoms with van der Waals surface area (Å²) in [6, 6.07) is 4.78. The SMILES string of the molecule is Cc1c(Cl)cc(Br)cc1CC1CCCCN1. The van der Waals surface area contributed by atoms with Crippen LogP contribution in [0, 0.1) is 6.92 Å². The largest absolute Gasteiger partial charge is 0.314 e. The number of benzene rings is 1. The van der Waals surface area contributed by atoms with Crippen molar-refractivity contribution in [2.75, 3.05) is 6.54 Å². The summed E-state index contributed by atoms with van der Waals surface area (Å²) in [5.74, 6) is 0. The van der Waals surface area contributed by atoms with Gasteiger partial charge in [0, 0.05) is 15.5 Å². The first-order chi connectivity index (χ1) is 7.66. The number of nitrogens with one attached hydrogen (secondary N) is 1. The Labute approximate surface area is 111 Å². The summed E-state index contributed by atoms with van der Waals surface area (Å²) >= 11 is 9.69. The van der Waals surface area contributed by atoms with Gasteiger partial charge in [0.2, 0.25) is 0 Å². The summed E-state index contributed by atoms with van der Waals surface area (Å²) in [6.45, 7) is 3.26. The van der Waals surface area contributed by atoms with E-state index >= 15 is 0 Å². The van der Waals surface area contributed by atoms with Crippen molar-refractivity contribution in [2.24, 2.45) is 0 Å². The van der Waals surface area contributed by atoms with Gasteiger partial charge in [-0.2, -0.15) is 0 Å². The molecule has 1 aliphatic rings. The molecule has 1 fully saturated rings. The summed E-state index contributed by atoms with van der Waals surface area (Å²) in [6.07, 6.45) is 5.03. The predicted molar refractivity (Wildman–Crippen MR) is 73.2 cm³/mol. The van der Waals surface area contributed by atoms with Gasteiger partial charge in [0.25, 0.3) is 0 Å². The van der Waals surface area contributed by atoms with Crippen molar-refractivity contribution in [2.45, 2.75) is 38.6 Å². The smallest absolute Gasteiger partial charge is 0.0449 e. The second kappa shape index (κ2) is 5.52. The van der Waals surface area contributed by atoms with E-state index in [9.17, 15) is 0 Å². The summed E-state index contributed by atoms with van der Waals surface area (Å²) in [5, 5.41) is 4.44. The van der Waals surface area contributed by atoms with Gasteiger partial charge in [-0.1, -0.05) is 34.0 Å². The number of halogens is 2. The molecule has 0 bridgehead atoms. The third-order valence-electron chi connectivity index (χ3n) is 3.30. The van der Waals surface area contributed by atoms with Gasteiger partial charge in [-0.15, -0.1) is 0 Å². The molecule has 0 aliphatic carbocycles. The number of hydrogen-bond acceptors (Lipinski definition) is 1. The highest BCUT2D eigenvalue weighted by atomic mass is 79.9. The maximum absolute atomic E-state index is 6.19. The van der Waals surface area contributed by atoms with Gasteiger partial charge in [0.05, 0.1) is 0 Å². The Morgan fingerprint density at radius 3 is 2.94 bits per heavy atom. The van der Waals surface area contributed by atoms with Crippen molar-refractivity contribution in [3.63, 3.8) is 0 Å². The van der Waals surface area contributed by atoms with Crippen molar-refractivity contribution in [3.8, 4) is 0 Å². The van der Waals surface area contributed by atoms with Crippen LogP contribution >= 0.6 is 27.5 Å². The summed E-state index contributed by atoms with van der Waals surface area (Å²) in [5.41, 5.74) is 2.58. The third-order valence-corrected chi connectivity index (χ3v) is 4.15. The molecule has 3 heteroatoms. The van der Waals surface area contributed by atoms with Crippen LogP contribution in [0.4, 0.5) is 0 Å². The fourth-order valence-corrected chi connectivity index (χ4v) is 3.15. The Bertz CT molecular complexity index is 372. The number of rotatable bonds is 2. The zero-order chi connectivity index (χ0) is 11.5. The van der Waals surface area contributed by atoms with Crippen LogP contribution in [0.3, 0.4) is 0 Å². The lowest BCUT2D eigenvalue weighted by Gasteiger charge is -2.24. The molecular weight excluding hydrogens is 286 g/mol. The lowest BCUT2D eigenvalue weighted by atomic mass is 9.95. The molecule has 88 valence electrons. The van der Waals surface area contributed by atoms with Crippen LogP contribution < -0.4 is 5.32 Å². The topological polar surface area (TPSA) is 12.0 Å². The molecule has 1 nitrogen and oxygen atoms in total. The average Bonchev–Trinajstić information content (AvgIpc) is 2.27. The van der Waals surface area contributed by atoms with Crippen molar-refractivity contribution in [1.29, 1.82) is 0 Å². The predicted octanol–water partition coefficient (Wildman–Crippen LogP) is 4.10. The minimum atomic E-state index is 0.623. The van der Waals surface area contributed by atoms with E-state index in [1.807, 2.05) is 6.07 Å². The molecule has 0 saturated carbocycles. The van der Waals surface area contributed by atoms with Crippen LogP contribution in [0.1, 0.15) is 30.4 Å². The van der Waals surface area contributed by atoms with Crippen molar-refractivity contribution in [1.82, 2.24) is 5.32 Å². The summed E-state index contributed by atoms with van der Waals surface area (Å²) < 4.78 is 1.08. The van der Waals surface area contributed by atoms with E-state index in [4.69, 9.17) is 11.6 Å². The highest BCUT2D eigenvalue weighted by molar-refractivity contribution is 9.10. The Morgan fingerprint density at radius 1 is 1.44 bits per heavy atom. The van der Waals surface area contributed by atoms with Gasteiger partial charge >= 0.3 is 0 Å². The van der Waals surface area contributed by atoms with Crippen molar-refractivity contribution < 1.29 is 0 Å². The van der Waals surface area contributed by atoms with Crippen LogP contribution in [0.25, 0.3) is 0 Å². The highest BCUT2D eigenvalue weighted by Crippen LogP contribution is 2.26. The fourth-order valence-electron chi connectivity index (χ4n) is 2.27. The lowest BCUT2D eigenvalue weighted by Crippen LogP contribution is -2.35. The Hall–Kier alpha value is -0.0500. The standard InChI is InChI=1S/C13H17BrClN/c1-9-10(6-11(14)8-13(9)15)7-12-4-2-3-5-16-12/h6,8,12,16H,2-5,7H2,1H3. The zero-order valence-corrected chi connectivity index (χ0v) is 11.9. The summed E-state index contributed by atoms with van der Waals surface area (Å²) in [4.78, 5) is 0. The molecular formula is C13H17BrClN. The summed E-state index contributed by atoms with van der Waals surface area (Å²) in [7, 11) is 0. The maximum Gasteiger partial charge on any atom is 0.0449 e. The first kappa shape index (κ1) is 12.4. The van der Waals surface area contributed by atoms with E-state index in [-0.39, 0.29) is 0 Å².